The van der Waals surface area contributed by atoms with Gasteiger partial charge in [0.25, 0.3) is 0 Å². The minimum Gasteiger partial charge on any atom is -0.492 e. The normalized spacial score (nSPS) is 15.9. The van der Waals surface area contributed by atoms with E-state index in [4.69, 9.17) is 9.47 Å². The molecular weight excluding hydrogens is 531 g/mol. The quantitative estimate of drug-likeness (QED) is 0.471. The molecule has 6 nitrogen and oxygen atoms in total. The number of carbonyl (C=O) groups excluding carboxylic acids is 1. The molecule has 1 N–H and O–H groups in total. The van der Waals surface area contributed by atoms with Crippen LogP contribution in [0.5, 0.6) is 5.75 Å². The smallest absolute Gasteiger partial charge is 0.410 e. The lowest BCUT2D eigenvalue weighted by molar-refractivity contribution is 0.0285. The number of carbonyl (C=O) groups is 1. The van der Waals surface area contributed by atoms with Gasteiger partial charge in [-0.1, -0.05) is 0 Å². The summed E-state index contributed by atoms with van der Waals surface area (Å²) in [6.07, 6.45) is 0.324. The second-order valence-corrected chi connectivity index (χ2v) is 9.83. The zero-order chi connectivity index (χ0) is 23.5. The zero-order valence-corrected chi connectivity index (χ0v) is 20.2. The molecule has 0 aliphatic carbocycles. The molecule has 3 rings (SSSR count). The monoisotopic (exact) mass is 555 g/mol. The van der Waals surface area contributed by atoms with E-state index in [-0.39, 0.29) is 41.3 Å². The molecule has 170 valence electrons. The Morgan fingerprint density at radius 2 is 2.03 bits per heavy atom. The number of amides is 1. The average molecular weight is 555 g/mol. The van der Waals surface area contributed by atoms with Crippen molar-refractivity contribution in [2.45, 2.75) is 32.8 Å². The minimum atomic E-state index is -0.616. The van der Waals surface area contributed by atoms with Gasteiger partial charge in [-0.15, -0.1) is 0 Å². The van der Waals surface area contributed by atoms with Crippen molar-refractivity contribution in [3.63, 3.8) is 0 Å². The van der Waals surface area contributed by atoms with Crippen molar-refractivity contribution >= 4 is 40.1 Å². The van der Waals surface area contributed by atoms with Gasteiger partial charge in [-0.25, -0.2) is 13.6 Å². The Labute approximate surface area is 199 Å². The van der Waals surface area contributed by atoms with Gasteiger partial charge in [0.1, 0.15) is 34.6 Å². The van der Waals surface area contributed by atoms with Crippen molar-refractivity contribution in [2.75, 3.05) is 25.0 Å². The van der Waals surface area contributed by atoms with Gasteiger partial charge in [0.2, 0.25) is 0 Å². The second-order valence-electron chi connectivity index (χ2n) is 8.58. The number of nitrogens with one attached hydrogen (secondary N) is 1. The Balaban J connectivity index is 1.70. The Hall–Kier alpha value is -2.61. The first kappa shape index (κ1) is 24.0. The van der Waals surface area contributed by atoms with Gasteiger partial charge in [0.15, 0.2) is 0 Å². The van der Waals surface area contributed by atoms with Crippen LogP contribution in [-0.4, -0.2) is 36.3 Å². The van der Waals surface area contributed by atoms with Gasteiger partial charge in [-0.2, -0.15) is 5.26 Å². The summed E-state index contributed by atoms with van der Waals surface area (Å²) in [5.41, 5.74) is -0.257. The molecule has 2 aromatic rings. The zero-order valence-electron chi connectivity index (χ0n) is 18.0. The van der Waals surface area contributed by atoms with E-state index < -0.39 is 17.2 Å². The summed E-state index contributed by atoms with van der Waals surface area (Å²) in [6, 6.07) is 8.83. The molecule has 32 heavy (non-hydrogen) atoms. The largest absolute Gasteiger partial charge is 0.492 e. The average Bonchev–Trinajstić information content (AvgIpc) is 3.16. The molecule has 0 unspecified atom stereocenters. The highest BCUT2D eigenvalue weighted by Crippen LogP contribution is 2.32. The summed E-state index contributed by atoms with van der Waals surface area (Å²) in [6.45, 7) is 6.61. The van der Waals surface area contributed by atoms with Crippen LogP contribution < -0.4 is 10.1 Å². The van der Waals surface area contributed by atoms with E-state index >= 15 is 0 Å². The van der Waals surface area contributed by atoms with Crippen LogP contribution in [-0.2, 0) is 4.74 Å². The topological polar surface area (TPSA) is 74.6 Å². The molecule has 1 amide bonds. The highest BCUT2D eigenvalue weighted by molar-refractivity contribution is 14.1. The summed E-state index contributed by atoms with van der Waals surface area (Å²) >= 11 is 1.99. The van der Waals surface area contributed by atoms with E-state index in [9.17, 15) is 18.8 Å². The van der Waals surface area contributed by atoms with Gasteiger partial charge >= 0.3 is 6.09 Å². The van der Waals surface area contributed by atoms with Crippen LogP contribution >= 0.6 is 22.6 Å². The highest BCUT2D eigenvalue weighted by Gasteiger charge is 2.30. The Morgan fingerprint density at radius 1 is 1.28 bits per heavy atom. The molecule has 1 atom stereocenters. The predicted molar refractivity (Wildman–Crippen MR) is 125 cm³/mol. The van der Waals surface area contributed by atoms with Crippen molar-refractivity contribution in [2.24, 2.45) is 5.92 Å². The van der Waals surface area contributed by atoms with Crippen LogP contribution in [0.3, 0.4) is 0 Å². The molecule has 0 bridgehead atoms. The number of anilines is 2. The maximum absolute atomic E-state index is 14.2. The molecule has 9 heteroatoms. The molecule has 0 aromatic heterocycles. The van der Waals surface area contributed by atoms with Gasteiger partial charge in [0.05, 0.1) is 18.0 Å². The van der Waals surface area contributed by atoms with E-state index in [2.05, 4.69) is 5.32 Å². The fourth-order valence-corrected chi connectivity index (χ4v) is 3.77. The number of halogens is 3. The lowest BCUT2D eigenvalue weighted by Crippen LogP contribution is -2.35. The summed E-state index contributed by atoms with van der Waals surface area (Å²) in [4.78, 5) is 13.8. The lowest BCUT2D eigenvalue weighted by Gasteiger charge is -2.24. The SMILES string of the molecule is CC(C)(C)OC(=O)N1CC[C@H](COc2cc(F)cc(Nc3ccc(I)cc3F)c2C#N)C1. The van der Waals surface area contributed by atoms with Gasteiger partial charge in [-0.05, 0) is 74.0 Å². The maximum atomic E-state index is 14.2. The summed E-state index contributed by atoms with van der Waals surface area (Å²) in [7, 11) is 0. The van der Waals surface area contributed by atoms with Crippen LogP contribution in [0.25, 0.3) is 0 Å². The summed E-state index contributed by atoms with van der Waals surface area (Å²) in [5, 5.41) is 12.4. The van der Waals surface area contributed by atoms with E-state index in [0.717, 1.165) is 12.1 Å². The molecule has 1 aliphatic heterocycles. The van der Waals surface area contributed by atoms with Crippen molar-refractivity contribution in [1.29, 1.82) is 5.26 Å². The first-order chi connectivity index (χ1) is 15.1. The molecule has 0 saturated carbocycles. The molecule has 1 saturated heterocycles. The van der Waals surface area contributed by atoms with Crippen molar-refractivity contribution in [3.05, 3.63) is 51.1 Å². The molecule has 0 spiro atoms. The van der Waals surface area contributed by atoms with Crippen LogP contribution in [0.1, 0.15) is 32.8 Å². The number of hydrogen-bond donors (Lipinski definition) is 1. The Kier molecular flexibility index (Phi) is 7.44. The Morgan fingerprint density at radius 3 is 2.69 bits per heavy atom. The molecule has 1 aliphatic rings. The lowest BCUT2D eigenvalue weighted by atomic mass is 10.1. The van der Waals surface area contributed by atoms with E-state index in [1.165, 1.54) is 12.1 Å². The third-order valence-corrected chi connectivity index (χ3v) is 5.46. The number of rotatable bonds is 5. The molecule has 1 heterocycles. The summed E-state index contributed by atoms with van der Waals surface area (Å²) < 4.78 is 40.3. The first-order valence-electron chi connectivity index (χ1n) is 10.1. The highest BCUT2D eigenvalue weighted by atomic mass is 127. The third kappa shape index (κ3) is 6.22. The number of ether oxygens (including phenoxy) is 2. The van der Waals surface area contributed by atoms with Gasteiger partial charge < -0.3 is 19.7 Å². The number of likely N-dealkylation sites (tertiary alicyclic amines) is 1. The van der Waals surface area contributed by atoms with Crippen molar-refractivity contribution in [1.82, 2.24) is 4.90 Å². The number of nitrogens with zero attached hydrogens (tertiary/aromatic N) is 2. The Bertz CT molecular complexity index is 1050. The predicted octanol–water partition coefficient (Wildman–Crippen LogP) is 5.82. The van der Waals surface area contributed by atoms with Crippen LogP contribution in [0.2, 0.25) is 0 Å². The van der Waals surface area contributed by atoms with E-state index in [0.29, 0.717) is 23.1 Å². The van der Waals surface area contributed by atoms with Crippen LogP contribution in [0.15, 0.2) is 30.3 Å². The fraction of sp³-hybridized carbons (Fsp3) is 0.391. The van der Waals surface area contributed by atoms with Crippen molar-refractivity contribution < 1.29 is 23.0 Å². The second kappa shape index (κ2) is 9.90. The van der Waals surface area contributed by atoms with Crippen LogP contribution in [0, 0.1) is 32.5 Å². The molecular formula is C23H24F2IN3O3. The molecule has 2 aromatic carbocycles. The maximum Gasteiger partial charge on any atom is 0.410 e. The summed E-state index contributed by atoms with van der Waals surface area (Å²) in [5.74, 6) is -1.05. The van der Waals surface area contributed by atoms with Gasteiger partial charge in [0, 0.05) is 28.6 Å². The number of benzene rings is 2. The molecule has 0 radical (unpaired) electrons. The standard InChI is InChI=1S/C23H24F2IN3O3/c1-23(2,3)32-22(30)29-7-6-14(12-29)13-31-21-9-15(24)8-20(17(21)11-27)28-19-5-4-16(26)10-18(19)25/h4-5,8-10,14,28H,6-7,12-13H2,1-3H3/t14-/m0/s1. The van der Waals surface area contributed by atoms with Gasteiger partial charge in [-0.3, -0.25) is 0 Å². The molecule has 1 fully saturated rings. The van der Waals surface area contributed by atoms with Crippen LogP contribution in [0.4, 0.5) is 25.0 Å². The van der Waals surface area contributed by atoms with E-state index in [1.54, 1.807) is 11.0 Å². The fourth-order valence-electron chi connectivity index (χ4n) is 3.31. The third-order valence-electron chi connectivity index (χ3n) is 4.79. The van der Waals surface area contributed by atoms with Crippen molar-refractivity contribution in [3.8, 4) is 11.8 Å². The number of hydrogen-bond acceptors (Lipinski definition) is 5. The first-order valence-corrected chi connectivity index (χ1v) is 11.2. The minimum absolute atomic E-state index is 0.0161. The number of nitriles is 1. The van der Waals surface area contributed by atoms with E-state index in [1.807, 2.05) is 49.4 Å².